The smallest absolute Gasteiger partial charge is 0.338 e. The number of carbonyl (C=O) groups excluding carboxylic acids is 2. The summed E-state index contributed by atoms with van der Waals surface area (Å²) in [6.07, 6.45) is 1.44. The zero-order valence-corrected chi connectivity index (χ0v) is 19.2. The number of aliphatic imine (C=N–C) groups is 1. The zero-order chi connectivity index (χ0) is 24.4. The highest BCUT2D eigenvalue weighted by Gasteiger charge is 2.36. The number of thioether (sulfide) groups is 1. The van der Waals surface area contributed by atoms with E-state index in [2.05, 4.69) is 10.1 Å². The third-order valence-corrected chi connectivity index (χ3v) is 5.99. The SMILES string of the molecule is COC(=O)c1ccccc1-c1ccc(/C=C2\C(=N)N3N=C(COc4ccccc4)SC3=NC2=O)o1. The molecule has 35 heavy (non-hydrogen) atoms. The van der Waals surface area contributed by atoms with E-state index >= 15 is 0 Å². The first-order chi connectivity index (χ1) is 17.0. The van der Waals surface area contributed by atoms with Crippen LogP contribution in [0.4, 0.5) is 0 Å². The number of ether oxygens (including phenoxy) is 2. The average molecular weight is 487 g/mol. The number of amidine groups is 2. The second kappa shape index (κ2) is 9.43. The van der Waals surface area contributed by atoms with Crippen molar-refractivity contribution in [3.05, 3.63) is 83.6 Å². The molecule has 0 saturated carbocycles. The lowest BCUT2D eigenvalue weighted by molar-refractivity contribution is -0.114. The zero-order valence-electron chi connectivity index (χ0n) is 18.4. The summed E-state index contributed by atoms with van der Waals surface area (Å²) in [7, 11) is 1.31. The van der Waals surface area contributed by atoms with Gasteiger partial charge < -0.3 is 13.9 Å². The van der Waals surface area contributed by atoms with Crippen LogP contribution < -0.4 is 4.74 Å². The van der Waals surface area contributed by atoms with Crippen LogP contribution in [0.5, 0.6) is 5.75 Å². The summed E-state index contributed by atoms with van der Waals surface area (Å²) >= 11 is 1.18. The third-order valence-electron chi connectivity index (χ3n) is 5.11. The van der Waals surface area contributed by atoms with E-state index in [0.29, 0.717) is 38.6 Å². The number of nitrogens with zero attached hydrogens (tertiary/aromatic N) is 3. The molecule has 174 valence electrons. The van der Waals surface area contributed by atoms with Crippen LogP contribution in [0, 0.1) is 5.41 Å². The van der Waals surface area contributed by atoms with Crippen LogP contribution in [0.3, 0.4) is 0 Å². The number of fused-ring (bicyclic) bond motifs is 1. The maximum Gasteiger partial charge on any atom is 0.338 e. The summed E-state index contributed by atoms with van der Waals surface area (Å²) < 4.78 is 16.4. The number of esters is 1. The highest BCUT2D eigenvalue weighted by atomic mass is 32.2. The van der Waals surface area contributed by atoms with Crippen molar-refractivity contribution >= 4 is 45.8 Å². The maximum absolute atomic E-state index is 12.7. The Kier molecular flexibility index (Phi) is 6.02. The lowest BCUT2D eigenvalue weighted by Crippen LogP contribution is -2.35. The van der Waals surface area contributed by atoms with Gasteiger partial charge in [-0.1, -0.05) is 36.4 Å². The second-order valence-corrected chi connectivity index (χ2v) is 8.40. The Bertz CT molecular complexity index is 1420. The number of furan rings is 1. The molecule has 0 unspecified atom stereocenters. The van der Waals surface area contributed by atoms with Crippen LogP contribution in [0.1, 0.15) is 16.1 Å². The van der Waals surface area contributed by atoms with E-state index in [1.807, 2.05) is 30.3 Å². The topological polar surface area (TPSA) is 118 Å². The van der Waals surface area contributed by atoms with Crippen molar-refractivity contribution in [1.82, 2.24) is 5.01 Å². The van der Waals surface area contributed by atoms with E-state index in [4.69, 9.17) is 19.3 Å². The molecular weight excluding hydrogens is 468 g/mol. The van der Waals surface area contributed by atoms with Gasteiger partial charge in [0.05, 0.1) is 18.2 Å². The van der Waals surface area contributed by atoms with Crippen molar-refractivity contribution < 1.29 is 23.5 Å². The van der Waals surface area contributed by atoms with Crippen molar-refractivity contribution in [2.24, 2.45) is 10.1 Å². The van der Waals surface area contributed by atoms with Crippen LogP contribution in [0.15, 0.2) is 86.8 Å². The number of hydrogen-bond donors (Lipinski definition) is 1. The number of hydrazone groups is 1. The quantitative estimate of drug-likeness (QED) is 0.404. The Hall–Kier alpha value is -4.44. The standard InChI is InChI=1S/C25H18N4O5S/c1-32-24(31)18-10-6-5-9-17(18)20-12-11-16(34-20)13-19-22(26)29-25(27-23(19)30)35-21(28-29)14-33-15-7-3-2-4-8-15/h2-13,26H,14H2,1H3/b19-13+,26-22?. The van der Waals surface area contributed by atoms with E-state index < -0.39 is 11.9 Å². The molecule has 9 nitrogen and oxygen atoms in total. The molecule has 1 aromatic heterocycles. The third kappa shape index (κ3) is 4.51. The molecule has 0 spiro atoms. The number of benzene rings is 2. The first-order valence-corrected chi connectivity index (χ1v) is 11.3. The summed E-state index contributed by atoms with van der Waals surface area (Å²) in [5.41, 5.74) is 0.941. The van der Waals surface area contributed by atoms with Crippen molar-refractivity contribution in [2.45, 2.75) is 0 Å². The van der Waals surface area contributed by atoms with Crippen LogP contribution in [0.25, 0.3) is 17.4 Å². The first-order valence-electron chi connectivity index (χ1n) is 10.5. The Morgan fingerprint density at radius 3 is 2.69 bits per heavy atom. The number of para-hydroxylation sites is 1. The molecule has 2 aliphatic heterocycles. The first kappa shape index (κ1) is 22.4. The molecule has 1 N–H and O–H groups in total. The van der Waals surface area contributed by atoms with Crippen molar-refractivity contribution in [2.75, 3.05) is 13.7 Å². The lowest BCUT2D eigenvalue weighted by atomic mass is 10.1. The molecule has 2 aromatic carbocycles. The predicted octanol–water partition coefficient (Wildman–Crippen LogP) is 4.43. The van der Waals surface area contributed by atoms with Gasteiger partial charge in [0.1, 0.15) is 28.9 Å². The normalized spacial score (nSPS) is 16.1. The van der Waals surface area contributed by atoms with Gasteiger partial charge in [-0.25, -0.2) is 4.79 Å². The van der Waals surface area contributed by atoms with Gasteiger partial charge in [0.25, 0.3) is 5.91 Å². The average Bonchev–Trinajstić information content (AvgIpc) is 3.52. The van der Waals surface area contributed by atoms with E-state index in [1.54, 1.807) is 36.4 Å². The molecule has 0 atom stereocenters. The minimum atomic E-state index is -0.568. The van der Waals surface area contributed by atoms with Gasteiger partial charge in [-0.3, -0.25) is 10.2 Å². The van der Waals surface area contributed by atoms with Gasteiger partial charge in [-0.15, -0.1) is 0 Å². The van der Waals surface area contributed by atoms with E-state index in [-0.39, 0.29) is 18.0 Å². The summed E-state index contributed by atoms with van der Waals surface area (Å²) in [5.74, 6) is 0.273. The fourth-order valence-electron chi connectivity index (χ4n) is 3.46. The van der Waals surface area contributed by atoms with Gasteiger partial charge in [-0.2, -0.15) is 15.1 Å². The largest absolute Gasteiger partial charge is 0.487 e. The van der Waals surface area contributed by atoms with E-state index in [9.17, 15) is 9.59 Å². The van der Waals surface area contributed by atoms with E-state index in [1.165, 1.54) is 30.0 Å². The second-order valence-electron chi connectivity index (χ2n) is 7.35. The molecule has 3 aromatic rings. The van der Waals surface area contributed by atoms with Crippen LogP contribution in [0.2, 0.25) is 0 Å². The van der Waals surface area contributed by atoms with Gasteiger partial charge >= 0.3 is 5.97 Å². The molecule has 5 rings (SSSR count). The molecule has 1 amide bonds. The minimum absolute atomic E-state index is 0.0329. The summed E-state index contributed by atoms with van der Waals surface area (Å²) in [6, 6.07) is 19.5. The maximum atomic E-state index is 12.7. The number of nitrogens with one attached hydrogen (secondary N) is 1. The molecule has 0 bridgehead atoms. The Morgan fingerprint density at radius 2 is 1.89 bits per heavy atom. The minimum Gasteiger partial charge on any atom is -0.487 e. The molecular formula is C25H18N4O5S. The molecule has 3 heterocycles. The van der Waals surface area contributed by atoms with E-state index in [0.717, 1.165) is 0 Å². The number of methoxy groups -OCH3 is 1. The highest BCUT2D eigenvalue weighted by molar-refractivity contribution is 8.27. The number of hydrogen-bond acceptors (Lipinski definition) is 8. The lowest BCUT2D eigenvalue weighted by Gasteiger charge is -2.19. The van der Waals surface area contributed by atoms with Crippen LogP contribution in [-0.4, -0.2) is 46.6 Å². The fraction of sp³-hybridized carbons (Fsp3) is 0.0800. The number of amides is 1. The monoisotopic (exact) mass is 486 g/mol. The Morgan fingerprint density at radius 1 is 1.11 bits per heavy atom. The molecule has 0 aliphatic carbocycles. The van der Waals surface area contributed by atoms with Gasteiger partial charge in [0.2, 0.25) is 5.17 Å². The molecule has 0 fully saturated rings. The predicted molar refractivity (Wildman–Crippen MR) is 132 cm³/mol. The van der Waals surface area contributed by atoms with Crippen molar-refractivity contribution in [3.63, 3.8) is 0 Å². The summed E-state index contributed by atoms with van der Waals surface area (Å²) in [4.78, 5) is 28.8. The van der Waals surface area contributed by atoms with Crippen LogP contribution >= 0.6 is 11.8 Å². The number of carbonyl (C=O) groups is 2. The fourth-order valence-corrected chi connectivity index (χ4v) is 4.25. The van der Waals surface area contributed by atoms with Crippen molar-refractivity contribution in [3.8, 4) is 17.1 Å². The highest BCUT2D eigenvalue weighted by Crippen LogP contribution is 2.31. The molecule has 0 radical (unpaired) electrons. The molecule has 10 heteroatoms. The Balaban J connectivity index is 1.36. The van der Waals surface area contributed by atoms with Gasteiger partial charge in [0.15, 0.2) is 5.84 Å². The van der Waals surface area contributed by atoms with Crippen LogP contribution in [-0.2, 0) is 9.53 Å². The Labute approximate surface area is 204 Å². The number of rotatable bonds is 6. The molecule has 0 saturated heterocycles. The summed E-state index contributed by atoms with van der Waals surface area (Å²) in [5, 5.41) is 15.1. The molecule has 2 aliphatic rings. The summed E-state index contributed by atoms with van der Waals surface area (Å²) in [6.45, 7) is 0.186. The van der Waals surface area contributed by atoms with Crippen molar-refractivity contribution in [1.29, 1.82) is 5.41 Å². The van der Waals surface area contributed by atoms with Gasteiger partial charge in [0, 0.05) is 5.56 Å². The van der Waals surface area contributed by atoms with Gasteiger partial charge in [-0.05, 0) is 48.2 Å².